The van der Waals surface area contributed by atoms with Crippen molar-refractivity contribution in [2.75, 3.05) is 4.90 Å². The lowest BCUT2D eigenvalue weighted by Crippen LogP contribution is -2.30. The predicted octanol–water partition coefficient (Wildman–Crippen LogP) is 3.87. The van der Waals surface area contributed by atoms with E-state index in [1.807, 2.05) is 42.5 Å². The maximum atomic E-state index is 13.0. The molecule has 0 saturated carbocycles. The van der Waals surface area contributed by atoms with E-state index in [2.05, 4.69) is 4.98 Å². The summed E-state index contributed by atoms with van der Waals surface area (Å²) in [6.45, 7) is 0. The van der Waals surface area contributed by atoms with E-state index < -0.39 is 0 Å². The van der Waals surface area contributed by atoms with E-state index in [0.717, 1.165) is 21.9 Å². The zero-order valence-electron chi connectivity index (χ0n) is 13.0. The first kappa shape index (κ1) is 13.8. The molecule has 5 heteroatoms. The van der Waals surface area contributed by atoms with Gasteiger partial charge in [-0.3, -0.25) is 9.59 Å². The summed E-state index contributed by atoms with van der Waals surface area (Å²) in [6, 6.07) is 15.0. The van der Waals surface area contributed by atoms with Crippen LogP contribution in [0.2, 0.25) is 0 Å². The summed E-state index contributed by atoms with van der Waals surface area (Å²) >= 11 is 0. The number of imide groups is 1. The van der Waals surface area contributed by atoms with Crippen molar-refractivity contribution in [3.8, 4) is 0 Å². The summed E-state index contributed by atoms with van der Waals surface area (Å²) in [7, 11) is 0. The summed E-state index contributed by atoms with van der Waals surface area (Å²) < 4.78 is 5.48. The second-order valence-electron chi connectivity index (χ2n) is 5.90. The standard InChI is InChI=1S/C20H12N2O3/c23-19-9-14(15-10-21-16-7-3-1-5-12(15)16)20(24)22(19)17-11-25-18-8-4-2-6-13(17)18/h1-11,21H. The van der Waals surface area contributed by atoms with E-state index in [9.17, 15) is 9.59 Å². The summed E-state index contributed by atoms with van der Waals surface area (Å²) in [5.74, 6) is -0.710. The summed E-state index contributed by atoms with van der Waals surface area (Å²) in [5.41, 5.74) is 3.14. The second-order valence-corrected chi connectivity index (χ2v) is 5.90. The van der Waals surface area contributed by atoms with Crippen molar-refractivity contribution >= 4 is 44.9 Å². The molecule has 25 heavy (non-hydrogen) atoms. The first-order valence-corrected chi connectivity index (χ1v) is 7.87. The van der Waals surface area contributed by atoms with Gasteiger partial charge >= 0.3 is 0 Å². The molecule has 0 aliphatic carbocycles. The number of para-hydroxylation sites is 2. The fraction of sp³-hybridized carbons (Fsp3) is 0. The molecule has 5 rings (SSSR count). The van der Waals surface area contributed by atoms with Crippen molar-refractivity contribution in [2.24, 2.45) is 0 Å². The maximum Gasteiger partial charge on any atom is 0.266 e. The number of carbonyl (C=O) groups is 2. The maximum absolute atomic E-state index is 13.0. The molecule has 1 N–H and O–H groups in total. The number of carbonyl (C=O) groups excluding carboxylic acids is 2. The zero-order chi connectivity index (χ0) is 17.0. The van der Waals surface area contributed by atoms with E-state index in [0.29, 0.717) is 16.8 Å². The Morgan fingerprint density at radius 2 is 1.68 bits per heavy atom. The molecule has 1 aliphatic heterocycles. The van der Waals surface area contributed by atoms with Gasteiger partial charge in [0.2, 0.25) is 0 Å². The van der Waals surface area contributed by atoms with Gasteiger partial charge in [0.15, 0.2) is 0 Å². The van der Waals surface area contributed by atoms with E-state index in [1.54, 1.807) is 12.3 Å². The van der Waals surface area contributed by atoms with Crippen LogP contribution in [0.15, 0.2) is 71.5 Å². The molecular weight excluding hydrogens is 316 g/mol. The number of aromatic amines is 1. The third-order valence-electron chi connectivity index (χ3n) is 4.50. The van der Waals surface area contributed by atoms with Gasteiger partial charge in [-0.2, -0.15) is 0 Å². The van der Waals surface area contributed by atoms with Crippen LogP contribution in [0.3, 0.4) is 0 Å². The van der Waals surface area contributed by atoms with E-state index in [-0.39, 0.29) is 11.8 Å². The topological polar surface area (TPSA) is 66.3 Å². The predicted molar refractivity (Wildman–Crippen MR) is 95.0 cm³/mol. The number of furan rings is 1. The van der Waals surface area contributed by atoms with Crippen molar-refractivity contribution in [3.63, 3.8) is 0 Å². The van der Waals surface area contributed by atoms with Gasteiger partial charge in [0, 0.05) is 34.1 Å². The zero-order valence-corrected chi connectivity index (χ0v) is 13.0. The quantitative estimate of drug-likeness (QED) is 0.568. The molecule has 4 aromatic rings. The Bertz CT molecular complexity index is 1200. The molecule has 0 radical (unpaired) electrons. The summed E-state index contributed by atoms with van der Waals surface area (Å²) in [4.78, 5) is 29.8. The lowest BCUT2D eigenvalue weighted by molar-refractivity contribution is -0.119. The lowest BCUT2D eigenvalue weighted by atomic mass is 10.1. The highest BCUT2D eigenvalue weighted by Crippen LogP contribution is 2.36. The average Bonchev–Trinajstić information content (AvgIpc) is 3.31. The molecule has 5 nitrogen and oxygen atoms in total. The Morgan fingerprint density at radius 3 is 2.56 bits per heavy atom. The van der Waals surface area contributed by atoms with Gasteiger partial charge in [-0.05, 0) is 18.2 Å². The summed E-state index contributed by atoms with van der Waals surface area (Å²) in [6.07, 6.45) is 4.60. The van der Waals surface area contributed by atoms with Gasteiger partial charge in [-0.1, -0.05) is 30.3 Å². The van der Waals surface area contributed by atoms with Crippen molar-refractivity contribution in [2.45, 2.75) is 0 Å². The second kappa shape index (κ2) is 4.95. The van der Waals surface area contributed by atoms with Crippen LogP contribution >= 0.6 is 0 Å². The van der Waals surface area contributed by atoms with Gasteiger partial charge in [-0.25, -0.2) is 4.90 Å². The van der Waals surface area contributed by atoms with E-state index in [1.165, 1.54) is 17.2 Å². The Labute approximate surface area is 142 Å². The molecule has 3 heterocycles. The van der Waals surface area contributed by atoms with E-state index in [4.69, 9.17) is 4.42 Å². The fourth-order valence-electron chi connectivity index (χ4n) is 3.32. The number of anilines is 1. The summed E-state index contributed by atoms with van der Waals surface area (Å²) in [5, 5.41) is 1.64. The number of hydrogen-bond donors (Lipinski definition) is 1. The number of rotatable bonds is 2. The van der Waals surface area contributed by atoms with Crippen LogP contribution in [-0.2, 0) is 9.59 Å². The molecule has 0 spiro atoms. The highest BCUT2D eigenvalue weighted by Gasteiger charge is 2.35. The Kier molecular flexibility index (Phi) is 2.73. The van der Waals surface area contributed by atoms with Crippen LogP contribution in [0.5, 0.6) is 0 Å². The van der Waals surface area contributed by atoms with Crippen LogP contribution in [0.4, 0.5) is 5.69 Å². The molecular formula is C20H12N2O3. The minimum absolute atomic E-state index is 0.346. The molecule has 0 unspecified atom stereocenters. The largest absolute Gasteiger partial charge is 0.462 e. The van der Waals surface area contributed by atoms with Crippen LogP contribution in [0.1, 0.15) is 5.56 Å². The highest BCUT2D eigenvalue weighted by molar-refractivity contribution is 6.45. The van der Waals surface area contributed by atoms with Crippen molar-refractivity contribution < 1.29 is 14.0 Å². The number of nitrogens with zero attached hydrogens (tertiary/aromatic N) is 1. The first-order chi connectivity index (χ1) is 12.2. The van der Waals surface area contributed by atoms with Gasteiger partial charge in [0.1, 0.15) is 11.8 Å². The fourth-order valence-corrected chi connectivity index (χ4v) is 3.32. The Hall–Kier alpha value is -3.60. The minimum Gasteiger partial charge on any atom is -0.462 e. The SMILES string of the molecule is O=C1C=C(c2c[nH]c3ccccc23)C(=O)N1c1coc2ccccc12. The van der Waals surface area contributed by atoms with Crippen LogP contribution in [0, 0.1) is 0 Å². The number of fused-ring (bicyclic) bond motifs is 2. The van der Waals surface area contributed by atoms with Crippen LogP contribution in [-0.4, -0.2) is 16.8 Å². The van der Waals surface area contributed by atoms with Crippen molar-refractivity contribution in [1.82, 2.24) is 4.98 Å². The number of hydrogen-bond acceptors (Lipinski definition) is 3. The van der Waals surface area contributed by atoms with Gasteiger partial charge < -0.3 is 9.40 Å². The van der Waals surface area contributed by atoms with E-state index >= 15 is 0 Å². The highest BCUT2D eigenvalue weighted by atomic mass is 16.3. The van der Waals surface area contributed by atoms with Gasteiger partial charge in [-0.15, -0.1) is 0 Å². The number of aromatic nitrogens is 1. The molecule has 1 aliphatic rings. The molecule has 0 bridgehead atoms. The van der Waals surface area contributed by atoms with Crippen LogP contribution < -0.4 is 4.90 Å². The lowest BCUT2D eigenvalue weighted by Gasteiger charge is -2.12. The number of amides is 2. The number of benzene rings is 2. The van der Waals surface area contributed by atoms with Crippen LogP contribution in [0.25, 0.3) is 27.4 Å². The molecule has 2 aromatic carbocycles. The number of H-pyrrole nitrogens is 1. The molecule has 120 valence electrons. The third kappa shape index (κ3) is 1.89. The van der Waals surface area contributed by atoms with Crippen molar-refractivity contribution in [1.29, 1.82) is 0 Å². The molecule has 0 fully saturated rings. The molecule has 2 amide bonds. The number of nitrogens with one attached hydrogen (secondary N) is 1. The molecule has 0 atom stereocenters. The smallest absolute Gasteiger partial charge is 0.266 e. The third-order valence-corrected chi connectivity index (χ3v) is 4.50. The van der Waals surface area contributed by atoms with Gasteiger partial charge in [0.25, 0.3) is 11.8 Å². The Balaban J connectivity index is 1.63. The van der Waals surface area contributed by atoms with Gasteiger partial charge in [0.05, 0.1) is 11.3 Å². The average molecular weight is 328 g/mol. The van der Waals surface area contributed by atoms with Crippen molar-refractivity contribution in [3.05, 3.63) is 72.6 Å². The monoisotopic (exact) mass is 328 g/mol. The first-order valence-electron chi connectivity index (χ1n) is 7.87. The molecule has 0 saturated heterocycles. The Morgan fingerprint density at radius 1 is 0.920 bits per heavy atom. The minimum atomic E-state index is -0.364. The molecule has 2 aromatic heterocycles. The normalized spacial score (nSPS) is 14.7.